The lowest BCUT2D eigenvalue weighted by atomic mass is 10.0. The summed E-state index contributed by atoms with van der Waals surface area (Å²) in [5.74, 6) is -1.47. The number of hydrogen-bond donors (Lipinski definition) is 1. The molecule has 0 saturated carbocycles. The Hall–Kier alpha value is -2.88. The minimum absolute atomic E-state index is 0.0928. The number of methoxy groups -OCH3 is 1. The molecule has 3 rings (SSSR count). The minimum Gasteiger partial charge on any atom is -0.496 e. The zero-order chi connectivity index (χ0) is 23.6. The third-order valence-electron chi connectivity index (χ3n) is 4.29. The van der Waals surface area contributed by atoms with E-state index in [9.17, 15) is 17.6 Å². The Labute approximate surface area is 194 Å². The van der Waals surface area contributed by atoms with Gasteiger partial charge in [0.1, 0.15) is 16.6 Å². The largest absolute Gasteiger partial charge is 0.496 e. The van der Waals surface area contributed by atoms with Crippen LogP contribution in [0.2, 0.25) is 10.0 Å². The molecule has 168 valence electrons. The molecular weight excluding hydrogens is 482 g/mol. The number of para-hydroxylation sites is 1. The predicted molar refractivity (Wildman–Crippen MR) is 120 cm³/mol. The fourth-order valence-electron chi connectivity index (χ4n) is 2.84. The number of ether oxygens (including phenoxy) is 2. The van der Waals surface area contributed by atoms with Crippen molar-refractivity contribution in [1.82, 2.24) is 9.71 Å². The molecule has 0 aliphatic rings. The lowest BCUT2D eigenvalue weighted by molar-refractivity contribution is 0.0977. The fourth-order valence-corrected chi connectivity index (χ4v) is 3.75. The van der Waals surface area contributed by atoms with Crippen molar-refractivity contribution in [3.63, 3.8) is 0 Å². The molecule has 0 fully saturated rings. The van der Waals surface area contributed by atoms with Crippen LogP contribution in [-0.2, 0) is 10.0 Å². The molecule has 1 aromatic heterocycles. The summed E-state index contributed by atoms with van der Waals surface area (Å²) in [5, 5.41) is 0.516. The van der Waals surface area contributed by atoms with Gasteiger partial charge in [0.15, 0.2) is 5.75 Å². The number of benzene rings is 2. The van der Waals surface area contributed by atoms with Crippen molar-refractivity contribution in [3.05, 3.63) is 69.6 Å². The van der Waals surface area contributed by atoms with E-state index in [1.807, 2.05) is 13.0 Å². The van der Waals surface area contributed by atoms with Crippen molar-refractivity contribution >= 4 is 39.1 Å². The van der Waals surface area contributed by atoms with Gasteiger partial charge in [-0.2, -0.15) is 0 Å². The van der Waals surface area contributed by atoms with Crippen LogP contribution in [0, 0.1) is 12.7 Å². The number of hydrogen-bond acceptors (Lipinski definition) is 6. The van der Waals surface area contributed by atoms with Crippen molar-refractivity contribution < 1.29 is 27.1 Å². The molecule has 0 atom stereocenters. The molecule has 0 unspecified atom stereocenters. The minimum atomic E-state index is -3.87. The summed E-state index contributed by atoms with van der Waals surface area (Å²) in [6.45, 7) is 1.82. The number of carbonyl (C=O) groups is 1. The second kappa shape index (κ2) is 9.32. The molecule has 1 heterocycles. The van der Waals surface area contributed by atoms with E-state index >= 15 is 0 Å². The Bertz CT molecular complexity index is 1300. The maximum absolute atomic E-state index is 14.6. The average Bonchev–Trinajstić information content (AvgIpc) is 2.70. The first-order chi connectivity index (χ1) is 15.0. The van der Waals surface area contributed by atoms with Gasteiger partial charge in [-0.05, 0) is 36.8 Å². The number of aryl methyl sites for hydroxylation is 1. The summed E-state index contributed by atoms with van der Waals surface area (Å²) in [6, 6.07) is 8.88. The number of carbonyl (C=O) groups excluding carboxylic acids is 1. The molecule has 0 aliphatic heterocycles. The van der Waals surface area contributed by atoms with E-state index < -0.39 is 27.3 Å². The van der Waals surface area contributed by atoms with Gasteiger partial charge in [-0.3, -0.25) is 4.79 Å². The molecule has 3 aromatic rings. The third kappa shape index (κ3) is 5.29. The van der Waals surface area contributed by atoms with E-state index in [1.165, 1.54) is 19.4 Å². The van der Waals surface area contributed by atoms with Crippen LogP contribution >= 0.6 is 23.2 Å². The molecule has 1 amide bonds. The average molecular weight is 499 g/mol. The summed E-state index contributed by atoms with van der Waals surface area (Å²) in [4.78, 5) is 16.3. The van der Waals surface area contributed by atoms with Gasteiger partial charge >= 0.3 is 0 Å². The molecule has 11 heteroatoms. The van der Waals surface area contributed by atoms with E-state index in [-0.39, 0.29) is 22.2 Å². The second-order valence-corrected chi connectivity index (χ2v) is 9.30. The van der Waals surface area contributed by atoms with E-state index in [1.54, 1.807) is 16.9 Å². The highest BCUT2D eigenvalue weighted by atomic mass is 35.5. The van der Waals surface area contributed by atoms with Crippen LogP contribution in [0.1, 0.15) is 15.9 Å². The van der Waals surface area contributed by atoms with Crippen LogP contribution in [0.3, 0.4) is 0 Å². The van der Waals surface area contributed by atoms with Crippen LogP contribution in [0.25, 0.3) is 11.1 Å². The molecule has 0 spiro atoms. The van der Waals surface area contributed by atoms with Crippen LogP contribution in [-0.4, -0.2) is 32.7 Å². The summed E-state index contributed by atoms with van der Waals surface area (Å²) < 4.78 is 49.9. The second-order valence-electron chi connectivity index (χ2n) is 6.73. The SMILES string of the molecule is COc1cc(C(=O)NS(C)(=O)=O)c(F)cc1-c1cnc(Oc2c(C)cccc2Cl)c(Cl)c1. The molecule has 0 saturated heterocycles. The maximum Gasteiger partial charge on any atom is 0.267 e. The van der Waals surface area contributed by atoms with E-state index in [0.717, 1.165) is 24.0 Å². The number of nitrogens with one attached hydrogen (secondary N) is 1. The van der Waals surface area contributed by atoms with Crippen LogP contribution < -0.4 is 14.2 Å². The zero-order valence-electron chi connectivity index (χ0n) is 17.1. The van der Waals surface area contributed by atoms with Crippen LogP contribution in [0.4, 0.5) is 4.39 Å². The molecule has 1 N–H and O–H groups in total. The molecule has 32 heavy (non-hydrogen) atoms. The molecular formula is C21H17Cl2FN2O5S. The number of pyridine rings is 1. The smallest absolute Gasteiger partial charge is 0.267 e. The monoisotopic (exact) mass is 498 g/mol. The number of sulfonamides is 1. The number of rotatable bonds is 6. The summed E-state index contributed by atoms with van der Waals surface area (Å²) >= 11 is 12.5. The van der Waals surface area contributed by atoms with Crippen LogP contribution in [0.15, 0.2) is 42.6 Å². The summed E-state index contributed by atoms with van der Waals surface area (Å²) in [6.07, 6.45) is 2.18. The first kappa shape index (κ1) is 23.8. The van der Waals surface area contributed by atoms with E-state index in [0.29, 0.717) is 16.3 Å². The molecule has 7 nitrogen and oxygen atoms in total. The first-order valence-electron chi connectivity index (χ1n) is 8.98. The summed E-state index contributed by atoms with van der Waals surface area (Å²) in [7, 11) is -2.55. The van der Waals surface area contributed by atoms with Gasteiger partial charge in [0.05, 0.1) is 24.0 Å². The third-order valence-corrected chi connectivity index (χ3v) is 5.42. The van der Waals surface area contributed by atoms with Gasteiger partial charge in [-0.1, -0.05) is 35.3 Å². The van der Waals surface area contributed by atoms with Gasteiger partial charge in [0.25, 0.3) is 5.91 Å². The highest BCUT2D eigenvalue weighted by Gasteiger charge is 2.21. The predicted octanol–water partition coefficient (Wildman–Crippen LogP) is 4.99. The highest BCUT2D eigenvalue weighted by Crippen LogP contribution is 2.38. The molecule has 0 bridgehead atoms. The van der Waals surface area contributed by atoms with Gasteiger partial charge in [-0.15, -0.1) is 0 Å². The maximum atomic E-state index is 14.6. The Morgan fingerprint density at radius 2 is 1.88 bits per heavy atom. The molecule has 0 radical (unpaired) electrons. The van der Waals surface area contributed by atoms with E-state index in [2.05, 4.69) is 4.98 Å². The van der Waals surface area contributed by atoms with Crippen LogP contribution in [0.5, 0.6) is 17.4 Å². The Kier molecular flexibility index (Phi) is 6.92. The van der Waals surface area contributed by atoms with Gasteiger partial charge in [0.2, 0.25) is 15.9 Å². The van der Waals surface area contributed by atoms with Gasteiger partial charge in [0, 0.05) is 17.3 Å². The van der Waals surface area contributed by atoms with Crippen molar-refractivity contribution in [3.8, 4) is 28.5 Å². The zero-order valence-corrected chi connectivity index (χ0v) is 19.4. The standard InChI is InChI=1S/C21H17Cl2FN2O5S/c1-11-5-4-6-15(22)19(11)31-21-16(23)7-12(10-25-21)13-8-17(24)14(9-18(13)30-2)20(27)26-32(3,28)29/h4-10H,1-3H3,(H,26,27). The van der Waals surface area contributed by atoms with Gasteiger partial charge in [-0.25, -0.2) is 22.5 Å². The van der Waals surface area contributed by atoms with Crippen molar-refractivity contribution in [2.45, 2.75) is 6.92 Å². The Balaban J connectivity index is 1.98. The first-order valence-corrected chi connectivity index (χ1v) is 11.6. The topological polar surface area (TPSA) is 94.6 Å². The van der Waals surface area contributed by atoms with Crippen molar-refractivity contribution in [2.24, 2.45) is 0 Å². The van der Waals surface area contributed by atoms with E-state index in [4.69, 9.17) is 32.7 Å². The quantitative estimate of drug-likeness (QED) is 0.514. The Morgan fingerprint density at radius 1 is 1.16 bits per heavy atom. The number of halogens is 3. The fraction of sp³-hybridized carbons (Fsp3) is 0.143. The van der Waals surface area contributed by atoms with Gasteiger partial charge < -0.3 is 9.47 Å². The van der Waals surface area contributed by atoms with Crippen molar-refractivity contribution in [2.75, 3.05) is 13.4 Å². The number of nitrogens with zero attached hydrogens (tertiary/aromatic N) is 1. The molecule has 2 aromatic carbocycles. The number of aromatic nitrogens is 1. The highest BCUT2D eigenvalue weighted by molar-refractivity contribution is 7.89. The summed E-state index contributed by atoms with van der Waals surface area (Å²) in [5.41, 5.74) is 0.912. The Morgan fingerprint density at radius 3 is 2.47 bits per heavy atom. The molecule has 0 aliphatic carbocycles. The number of amides is 1. The lowest BCUT2D eigenvalue weighted by Crippen LogP contribution is -2.30. The lowest BCUT2D eigenvalue weighted by Gasteiger charge is -2.14. The normalized spacial score (nSPS) is 11.2. The van der Waals surface area contributed by atoms with Crippen molar-refractivity contribution in [1.29, 1.82) is 0 Å².